The van der Waals surface area contributed by atoms with Crippen LogP contribution in [0.1, 0.15) is 10.6 Å². The molecule has 0 aliphatic rings. The summed E-state index contributed by atoms with van der Waals surface area (Å²) in [4.78, 5) is 21.7. The Morgan fingerprint density at radius 1 is 1.19 bits per heavy atom. The van der Waals surface area contributed by atoms with E-state index in [0.717, 1.165) is 6.07 Å². The molecule has 8 nitrogen and oxygen atoms in total. The molecule has 1 aromatic heterocycles. The molecule has 1 amide bonds. The van der Waals surface area contributed by atoms with E-state index in [9.17, 15) is 14.9 Å². The highest BCUT2D eigenvalue weighted by Gasteiger charge is 2.17. The molecule has 0 aliphatic heterocycles. The largest absolute Gasteiger partial charge is 0.493 e. The number of nitrogens with zero attached hydrogens (tertiary/aromatic N) is 1. The lowest BCUT2D eigenvalue weighted by molar-refractivity contribution is -0.402. The minimum absolute atomic E-state index is 0.156. The second kappa shape index (κ2) is 5.95. The van der Waals surface area contributed by atoms with Crippen LogP contribution in [0.3, 0.4) is 0 Å². The van der Waals surface area contributed by atoms with Gasteiger partial charge in [-0.05, 0) is 18.2 Å². The van der Waals surface area contributed by atoms with Crippen LogP contribution in [0.15, 0.2) is 34.7 Å². The van der Waals surface area contributed by atoms with E-state index in [1.807, 2.05) is 0 Å². The molecule has 0 atom stereocenters. The molecule has 0 saturated carbocycles. The summed E-state index contributed by atoms with van der Waals surface area (Å²) in [7, 11) is 2.97. The van der Waals surface area contributed by atoms with Crippen molar-refractivity contribution < 1.29 is 23.6 Å². The summed E-state index contributed by atoms with van der Waals surface area (Å²) < 4.78 is 15.0. The van der Waals surface area contributed by atoms with Gasteiger partial charge in [-0.2, -0.15) is 0 Å². The lowest BCUT2D eigenvalue weighted by atomic mass is 10.2. The van der Waals surface area contributed by atoms with Gasteiger partial charge in [0, 0.05) is 11.8 Å². The number of amides is 1. The number of carbonyl (C=O) groups excluding carboxylic acids is 1. The molecule has 0 fully saturated rings. The molecule has 110 valence electrons. The highest BCUT2D eigenvalue weighted by Crippen LogP contribution is 2.30. The third kappa shape index (κ3) is 3.11. The summed E-state index contributed by atoms with van der Waals surface area (Å²) in [5.74, 6) is -0.288. The van der Waals surface area contributed by atoms with Crippen LogP contribution in [0, 0.1) is 10.1 Å². The number of ether oxygens (including phenoxy) is 2. The maximum Gasteiger partial charge on any atom is 0.433 e. The average molecular weight is 292 g/mol. The predicted octanol–water partition coefficient (Wildman–Crippen LogP) is 2.46. The summed E-state index contributed by atoms with van der Waals surface area (Å²) in [6.07, 6.45) is 0. The van der Waals surface area contributed by atoms with Gasteiger partial charge in [0.25, 0.3) is 5.91 Å². The van der Waals surface area contributed by atoms with Crippen molar-refractivity contribution in [3.8, 4) is 11.5 Å². The topological polar surface area (TPSA) is 104 Å². The Bertz CT molecular complexity index is 679. The van der Waals surface area contributed by atoms with Gasteiger partial charge in [-0.3, -0.25) is 14.9 Å². The summed E-state index contributed by atoms with van der Waals surface area (Å²) in [6, 6.07) is 7.14. The van der Waals surface area contributed by atoms with Crippen LogP contribution in [0.5, 0.6) is 11.5 Å². The van der Waals surface area contributed by atoms with Gasteiger partial charge in [0.15, 0.2) is 17.3 Å². The molecule has 0 radical (unpaired) electrons. The predicted molar refractivity (Wildman–Crippen MR) is 72.9 cm³/mol. The number of nitrogens with one attached hydrogen (secondary N) is 1. The normalized spacial score (nSPS) is 10.0. The van der Waals surface area contributed by atoms with E-state index >= 15 is 0 Å². The van der Waals surface area contributed by atoms with E-state index in [4.69, 9.17) is 13.9 Å². The number of rotatable bonds is 5. The molecule has 0 bridgehead atoms. The molecule has 0 unspecified atom stereocenters. The van der Waals surface area contributed by atoms with E-state index in [0.29, 0.717) is 17.2 Å². The second-order valence-corrected chi connectivity index (χ2v) is 3.92. The van der Waals surface area contributed by atoms with Gasteiger partial charge in [-0.1, -0.05) is 0 Å². The molecule has 0 spiro atoms. The number of hydrogen-bond acceptors (Lipinski definition) is 6. The van der Waals surface area contributed by atoms with E-state index in [2.05, 4.69) is 5.32 Å². The van der Waals surface area contributed by atoms with Gasteiger partial charge in [0.2, 0.25) is 0 Å². The highest BCUT2D eigenvalue weighted by atomic mass is 16.6. The first-order valence-corrected chi connectivity index (χ1v) is 5.82. The first-order valence-electron chi connectivity index (χ1n) is 5.82. The number of anilines is 1. The maximum atomic E-state index is 11.9. The van der Waals surface area contributed by atoms with Crippen molar-refractivity contribution in [2.45, 2.75) is 0 Å². The van der Waals surface area contributed by atoms with Crippen LogP contribution in [0.2, 0.25) is 0 Å². The van der Waals surface area contributed by atoms with Crippen LogP contribution < -0.4 is 14.8 Å². The van der Waals surface area contributed by atoms with Gasteiger partial charge in [0.05, 0.1) is 20.3 Å². The Labute approximate surface area is 119 Å². The lowest BCUT2D eigenvalue weighted by Gasteiger charge is -2.09. The van der Waals surface area contributed by atoms with Gasteiger partial charge in [0.1, 0.15) is 4.92 Å². The average Bonchev–Trinajstić information content (AvgIpc) is 2.97. The van der Waals surface area contributed by atoms with Crippen molar-refractivity contribution in [3.05, 3.63) is 46.2 Å². The molecular weight excluding hydrogens is 280 g/mol. The highest BCUT2D eigenvalue weighted by molar-refractivity contribution is 6.02. The SMILES string of the molecule is COc1ccc(NC(=O)c2ccc([N+](=O)[O-])o2)cc1OC. The summed E-state index contributed by atoms with van der Waals surface area (Å²) in [6.45, 7) is 0. The summed E-state index contributed by atoms with van der Waals surface area (Å²) >= 11 is 0. The molecule has 0 aliphatic carbocycles. The second-order valence-electron chi connectivity index (χ2n) is 3.92. The molecule has 1 aromatic carbocycles. The van der Waals surface area contributed by atoms with Gasteiger partial charge >= 0.3 is 5.88 Å². The van der Waals surface area contributed by atoms with E-state index < -0.39 is 16.7 Å². The van der Waals surface area contributed by atoms with Crippen molar-refractivity contribution in [2.75, 3.05) is 19.5 Å². The van der Waals surface area contributed by atoms with Gasteiger partial charge in [-0.15, -0.1) is 0 Å². The Morgan fingerprint density at radius 2 is 1.90 bits per heavy atom. The van der Waals surface area contributed by atoms with Crippen molar-refractivity contribution in [1.82, 2.24) is 0 Å². The zero-order valence-electron chi connectivity index (χ0n) is 11.3. The smallest absolute Gasteiger partial charge is 0.433 e. The number of furan rings is 1. The van der Waals surface area contributed by atoms with Crippen molar-refractivity contribution in [3.63, 3.8) is 0 Å². The molecule has 2 rings (SSSR count). The number of hydrogen-bond donors (Lipinski definition) is 1. The first-order chi connectivity index (χ1) is 10.0. The monoisotopic (exact) mass is 292 g/mol. The Balaban J connectivity index is 2.17. The molecule has 8 heteroatoms. The first kappa shape index (κ1) is 14.4. The van der Waals surface area contributed by atoms with Crippen molar-refractivity contribution >= 4 is 17.5 Å². The third-order valence-electron chi connectivity index (χ3n) is 2.64. The summed E-state index contributed by atoms with van der Waals surface area (Å²) in [5, 5.41) is 13.0. The van der Waals surface area contributed by atoms with Crippen LogP contribution in [0.25, 0.3) is 0 Å². The van der Waals surface area contributed by atoms with Crippen molar-refractivity contribution in [1.29, 1.82) is 0 Å². The zero-order chi connectivity index (χ0) is 15.4. The molecule has 2 aromatic rings. The quantitative estimate of drug-likeness (QED) is 0.670. The fourth-order valence-electron chi connectivity index (χ4n) is 1.65. The minimum atomic E-state index is -0.715. The van der Waals surface area contributed by atoms with E-state index in [1.54, 1.807) is 18.2 Å². The number of carbonyl (C=O) groups is 1. The van der Waals surface area contributed by atoms with Gasteiger partial charge in [-0.25, -0.2) is 0 Å². The molecule has 1 heterocycles. The molecule has 21 heavy (non-hydrogen) atoms. The number of nitro groups is 1. The molecule has 0 saturated heterocycles. The summed E-state index contributed by atoms with van der Waals surface area (Å²) in [5.41, 5.74) is 0.441. The Hall–Kier alpha value is -3.03. The fraction of sp³-hybridized carbons (Fsp3) is 0.154. The fourth-order valence-corrected chi connectivity index (χ4v) is 1.65. The van der Waals surface area contributed by atoms with Crippen molar-refractivity contribution in [2.24, 2.45) is 0 Å². The van der Waals surface area contributed by atoms with Crippen LogP contribution in [-0.4, -0.2) is 25.1 Å². The van der Waals surface area contributed by atoms with Gasteiger partial charge < -0.3 is 19.2 Å². The molecular formula is C13H12N2O6. The lowest BCUT2D eigenvalue weighted by Crippen LogP contribution is -2.11. The Kier molecular flexibility index (Phi) is 4.07. The standard InChI is InChI=1S/C13H12N2O6/c1-19-9-4-3-8(7-11(9)20-2)14-13(16)10-5-6-12(21-10)15(17)18/h3-7H,1-2H3,(H,14,16). The number of methoxy groups -OCH3 is 2. The maximum absolute atomic E-state index is 11.9. The van der Waals surface area contributed by atoms with Crippen LogP contribution >= 0.6 is 0 Å². The minimum Gasteiger partial charge on any atom is -0.493 e. The molecule has 1 N–H and O–H groups in total. The number of benzene rings is 1. The zero-order valence-corrected chi connectivity index (χ0v) is 11.3. The third-order valence-corrected chi connectivity index (χ3v) is 2.64. The Morgan fingerprint density at radius 3 is 2.48 bits per heavy atom. The van der Waals surface area contributed by atoms with E-state index in [1.165, 1.54) is 20.3 Å². The van der Waals surface area contributed by atoms with Crippen LogP contribution in [-0.2, 0) is 0 Å². The van der Waals surface area contributed by atoms with E-state index in [-0.39, 0.29) is 5.76 Å². The van der Waals surface area contributed by atoms with Crippen LogP contribution in [0.4, 0.5) is 11.6 Å².